The Kier molecular flexibility index (Phi) is 3.45. The minimum atomic E-state index is -1.22. The molecule has 0 spiro atoms. The van der Waals surface area contributed by atoms with Crippen LogP contribution in [0.1, 0.15) is 6.92 Å². The molecule has 9 nitrogen and oxygen atoms in total. The van der Waals surface area contributed by atoms with Gasteiger partial charge in [0.2, 0.25) is 11.8 Å². The average Bonchev–Trinajstić information content (AvgIpc) is 3.24. The van der Waals surface area contributed by atoms with Gasteiger partial charge in [-0.3, -0.25) is 24.5 Å². The van der Waals surface area contributed by atoms with Gasteiger partial charge in [0.25, 0.3) is 5.69 Å². The number of amides is 2. The van der Waals surface area contributed by atoms with Crippen molar-refractivity contribution in [1.29, 1.82) is 0 Å². The molecule has 1 aromatic rings. The van der Waals surface area contributed by atoms with Crippen LogP contribution in [0.4, 0.5) is 11.4 Å². The van der Waals surface area contributed by atoms with Gasteiger partial charge < -0.3 is 9.47 Å². The Morgan fingerprint density at radius 3 is 2.77 bits per heavy atom. The second-order valence-electron chi connectivity index (χ2n) is 6.44. The summed E-state index contributed by atoms with van der Waals surface area (Å²) in [5.74, 6) is -3.34. The number of esters is 1. The molecular weight excluding hydrogens is 344 g/mol. The zero-order chi connectivity index (χ0) is 18.6. The Morgan fingerprint density at radius 1 is 1.35 bits per heavy atom. The monoisotopic (exact) mass is 358 g/mol. The SMILES string of the molecule is CC(=O)OC[C@@]12C=C[C@@H](O1)[C@H]1C(=O)N(c3ccccc3[N+](=O)[O-])C(=O)[C@@H]12. The summed E-state index contributed by atoms with van der Waals surface area (Å²) in [4.78, 5) is 48.6. The van der Waals surface area contributed by atoms with Crippen LogP contribution in [0.25, 0.3) is 0 Å². The molecular formula is C17H14N2O7. The number of nitro groups is 1. The molecule has 3 heterocycles. The summed E-state index contributed by atoms with van der Waals surface area (Å²) in [7, 11) is 0. The number of carbonyl (C=O) groups is 3. The Hall–Kier alpha value is -3.07. The van der Waals surface area contributed by atoms with Crippen molar-refractivity contribution in [2.45, 2.75) is 18.6 Å². The van der Waals surface area contributed by atoms with Gasteiger partial charge in [-0.15, -0.1) is 0 Å². The fraction of sp³-hybridized carbons (Fsp3) is 0.353. The number of hydrogen-bond acceptors (Lipinski definition) is 7. The minimum absolute atomic E-state index is 0.0658. The van der Waals surface area contributed by atoms with Gasteiger partial charge in [-0.2, -0.15) is 0 Å². The van der Waals surface area contributed by atoms with Crippen molar-refractivity contribution >= 4 is 29.2 Å². The van der Waals surface area contributed by atoms with Gasteiger partial charge >= 0.3 is 5.97 Å². The summed E-state index contributed by atoms with van der Waals surface area (Å²) in [5.41, 5.74) is -1.61. The molecule has 0 aromatic heterocycles. The van der Waals surface area contributed by atoms with Gasteiger partial charge in [-0.1, -0.05) is 18.2 Å². The van der Waals surface area contributed by atoms with Gasteiger partial charge in [-0.05, 0) is 12.1 Å². The Bertz CT molecular complexity index is 880. The van der Waals surface area contributed by atoms with E-state index in [0.717, 1.165) is 4.90 Å². The molecule has 3 aliphatic rings. The molecule has 9 heteroatoms. The normalized spacial score (nSPS) is 31.4. The molecule has 0 unspecified atom stereocenters. The van der Waals surface area contributed by atoms with Crippen molar-refractivity contribution in [3.05, 3.63) is 46.5 Å². The summed E-state index contributed by atoms with van der Waals surface area (Å²) in [6.07, 6.45) is 2.67. The number of rotatable bonds is 4. The first-order valence-corrected chi connectivity index (χ1v) is 7.97. The van der Waals surface area contributed by atoms with Crippen molar-refractivity contribution < 1.29 is 28.8 Å². The number of anilines is 1. The molecule has 0 N–H and O–H groups in total. The first-order valence-electron chi connectivity index (χ1n) is 7.97. The number of nitro benzene ring substituents is 1. The predicted octanol–water partition coefficient (Wildman–Crippen LogP) is 0.971. The zero-order valence-corrected chi connectivity index (χ0v) is 13.7. The van der Waals surface area contributed by atoms with Crippen molar-refractivity contribution in [1.82, 2.24) is 0 Å². The highest BCUT2D eigenvalue weighted by Crippen LogP contribution is 2.53. The highest BCUT2D eigenvalue weighted by molar-refractivity contribution is 6.24. The van der Waals surface area contributed by atoms with E-state index in [-0.39, 0.29) is 18.0 Å². The van der Waals surface area contributed by atoms with Crippen molar-refractivity contribution in [2.75, 3.05) is 11.5 Å². The van der Waals surface area contributed by atoms with Gasteiger partial charge in [0.1, 0.15) is 17.9 Å². The molecule has 0 saturated carbocycles. The van der Waals surface area contributed by atoms with Crippen LogP contribution in [-0.2, 0) is 23.9 Å². The molecule has 4 atom stereocenters. The molecule has 0 aliphatic carbocycles. The van der Waals surface area contributed by atoms with E-state index < -0.39 is 46.2 Å². The molecule has 2 amide bonds. The van der Waals surface area contributed by atoms with Crippen molar-refractivity contribution in [3.63, 3.8) is 0 Å². The third-order valence-corrected chi connectivity index (χ3v) is 4.98. The summed E-state index contributed by atoms with van der Waals surface area (Å²) in [6.45, 7) is 1.04. The highest BCUT2D eigenvalue weighted by Gasteiger charge is 2.68. The first-order chi connectivity index (χ1) is 12.4. The molecule has 2 saturated heterocycles. The number of ether oxygens (including phenoxy) is 2. The lowest BCUT2D eigenvalue weighted by Gasteiger charge is -2.27. The summed E-state index contributed by atoms with van der Waals surface area (Å²) < 4.78 is 10.8. The number of para-hydroxylation sites is 2. The van der Waals surface area contributed by atoms with E-state index in [2.05, 4.69) is 0 Å². The Labute approximate surface area is 147 Å². The van der Waals surface area contributed by atoms with E-state index in [0.29, 0.717) is 0 Å². The molecule has 2 fully saturated rings. The lowest BCUT2D eigenvalue weighted by molar-refractivity contribution is -0.384. The van der Waals surface area contributed by atoms with Crippen LogP contribution in [0, 0.1) is 22.0 Å². The number of nitrogens with zero attached hydrogens (tertiary/aromatic N) is 2. The molecule has 26 heavy (non-hydrogen) atoms. The quantitative estimate of drug-likeness (QED) is 0.259. The van der Waals surface area contributed by atoms with Crippen LogP contribution < -0.4 is 4.90 Å². The van der Waals surface area contributed by atoms with E-state index in [4.69, 9.17) is 9.47 Å². The summed E-state index contributed by atoms with van der Waals surface area (Å²) in [6, 6.07) is 5.59. The van der Waals surface area contributed by atoms with E-state index in [1.165, 1.54) is 31.2 Å². The lowest BCUT2D eigenvalue weighted by Crippen LogP contribution is -2.44. The Morgan fingerprint density at radius 2 is 2.08 bits per heavy atom. The van der Waals surface area contributed by atoms with E-state index in [1.807, 2.05) is 0 Å². The summed E-state index contributed by atoms with van der Waals surface area (Å²) in [5, 5.41) is 11.3. The third-order valence-electron chi connectivity index (χ3n) is 4.98. The number of imide groups is 1. The number of benzene rings is 1. The first kappa shape index (κ1) is 16.4. The predicted molar refractivity (Wildman–Crippen MR) is 85.9 cm³/mol. The van der Waals surface area contributed by atoms with Crippen LogP contribution in [0.2, 0.25) is 0 Å². The van der Waals surface area contributed by atoms with Crippen LogP contribution in [0.5, 0.6) is 0 Å². The van der Waals surface area contributed by atoms with Crippen LogP contribution >= 0.6 is 0 Å². The fourth-order valence-electron chi connectivity index (χ4n) is 3.93. The molecule has 1 aromatic carbocycles. The maximum atomic E-state index is 13.0. The van der Waals surface area contributed by atoms with Gasteiger partial charge in [-0.25, -0.2) is 4.90 Å². The van der Waals surface area contributed by atoms with Gasteiger partial charge in [0.05, 0.1) is 22.9 Å². The largest absolute Gasteiger partial charge is 0.462 e. The Balaban J connectivity index is 1.74. The smallest absolute Gasteiger partial charge is 0.302 e. The maximum Gasteiger partial charge on any atom is 0.302 e. The van der Waals surface area contributed by atoms with Crippen LogP contribution in [0.15, 0.2) is 36.4 Å². The van der Waals surface area contributed by atoms with Crippen LogP contribution in [0.3, 0.4) is 0 Å². The standard InChI is InChI=1S/C17H14N2O7/c1-9(20)25-8-17-7-6-12(26-17)13-14(17)16(22)18(15(13)21)10-4-2-3-5-11(10)19(23)24/h2-7,12-14H,8H2,1H3/t12-,13-,14-,17-/m1/s1. The summed E-state index contributed by atoms with van der Waals surface area (Å²) >= 11 is 0. The number of carbonyl (C=O) groups excluding carboxylic acids is 3. The topological polar surface area (TPSA) is 116 Å². The van der Waals surface area contributed by atoms with E-state index >= 15 is 0 Å². The van der Waals surface area contributed by atoms with Crippen molar-refractivity contribution in [2.24, 2.45) is 11.8 Å². The number of fused-ring (bicyclic) bond motifs is 5. The minimum Gasteiger partial charge on any atom is -0.462 e. The van der Waals surface area contributed by atoms with Gasteiger partial charge in [0, 0.05) is 13.0 Å². The van der Waals surface area contributed by atoms with Crippen molar-refractivity contribution in [3.8, 4) is 0 Å². The molecule has 3 aliphatic heterocycles. The maximum absolute atomic E-state index is 13.0. The van der Waals surface area contributed by atoms with Gasteiger partial charge in [0.15, 0.2) is 0 Å². The second kappa shape index (κ2) is 5.46. The molecule has 4 rings (SSSR count). The molecule has 0 radical (unpaired) electrons. The fourth-order valence-corrected chi connectivity index (χ4v) is 3.93. The highest BCUT2D eigenvalue weighted by atomic mass is 16.6. The molecule has 2 bridgehead atoms. The average molecular weight is 358 g/mol. The van der Waals surface area contributed by atoms with Crippen LogP contribution in [-0.4, -0.2) is 41.0 Å². The zero-order valence-electron chi connectivity index (χ0n) is 13.7. The van der Waals surface area contributed by atoms with E-state index in [9.17, 15) is 24.5 Å². The van der Waals surface area contributed by atoms with E-state index in [1.54, 1.807) is 12.2 Å². The second-order valence-corrected chi connectivity index (χ2v) is 6.44. The lowest BCUT2D eigenvalue weighted by atomic mass is 9.77. The third kappa shape index (κ3) is 2.10. The number of hydrogen-bond donors (Lipinski definition) is 0. The molecule has 134 valence electrons.